The fourth-order valence-electron chi connectivity index (χ4n) is 0.905. The van der Waals surface area contributed by atoms with Crippen molar-refractivity contribution in [3.8, 4) is 0 Å². The number of nitrogens with zero attached hydrogens (tertiary/aromatic N) is 4. The minimum atomic E-state index is 0.709. The Bertz CT molecular complexity index is 386. The summed E-state index contributed by atoms with van der Waals surface area (Å²) < 4.78 is 1.91. The normalized spacial score (nSPS) is 10.8. The van der Waals surface area contributed by atoms with E-state index in [1.807, 2.05) is 3.97 Å². The quantitative estimate of drug-likeness (QED) is 0.582. The van der Waals surface area contributed by atoms with Gasteiger partial charge in [0.1, 0.15) is 18.2 Å². The van der Waals surface area contributed by atoms with Crippen LogP contribution in [0.3, 0.4) is 0 Å². The number of fused-ring (bicyclic) bond motifs is 1. The summed E-state index contributed by atoms with van der Waals surface area (Å²) in [6.45, 7) is 0. The second-order valence-corrected chi connectivity index (χ2v) is 3.74. The summed E-state index contributed by atoms with van der Waals surface area (Å²) in [6, 6.07) is 0. The molecule has 0 aliphatic heterocycles. The molecule has 0 aromatic carbocycles. The van der Waals surface area contributed by atoms with E-state index in [0.29, 0.717) is 5.08 Å². The average molecular weight is 198 g/mol. The lowest BCUT2D eigenvalue weighted by molar-refractivity contribution is 1.20. The zero-order valence-corrected chi connectivity index (χ0v) is 7.79. The first kappa shape index (κ1) is 7.88. The molecule has 0 amide bonds. The van der Waals surface area contributed by atoms with Crippen molar-refractivity contribution in [2.24, 2.45) is 0 Å². The van der Waals surface area contributed by atoms with E-state index in [0.717, 1.165) is 11.2 Å². The molecule has 0 atom stereocenters. The number of rotatable bonds is 2. The van der Waals surface area contributed by atoms with E-state index in [4.69, 9.17) is 0 Å². The van der Waals surface area contributed by atoms with Crippen molar-refractivity contribution in [3.05, 3.63) is 18.9 Å². The minimum absolute atomic E-state index is 0.709. The van der Waals surface area contributed by atoms with Crippen molar-refractivity contribution in [1.29, 1.82) is 0 Å². The van der Waals surface area contributed by atoms with Crippen LogP contribution in [-0.2, 0) is 0 Å². The van der Waals surface area contributed by atoms with Gasteiger partial charge < -0.3 is 0 Å². The fourth-order valence-corrected chi connectivity index (χ4v) is 1.78. The third-order valence-corrected chi connectivity index (χ3v) is 2.42. The van der Waals surface area contributed by atoms with Crippen LogP contribution in [0.2, 0.25) is 0 Å². The van der Waals surface area contributed by atoms with Gasteiger partial charge in [-0.3, -0.25) is 3.97 Å². The molecular formula is C6H6N4S2. The Morgan fingerprint density at radius 1 is 1.50 bits per heavy atom. The summed E-state index contributed by atoms with van der Waals surface area (Å²) in [5, 5.41) is 0.709. The Kier molecular flexibility index (Phi) is 2.18. The molecule has 0 N–H and O–H groups in total. The van der Waals surface area contributed by atoms with Crippen molar-refractivity contribution in [1.82, 2.24) is 18.9 Å². The molecule has 4 nitrogen and oxygen atoms in total. The maximum absolute atomic E-state index is 4.11. The molecule has 0 unspecified atom stereocenters. The molecule has 2 heterocycles. The van der Waals surface area contributed by atoms with Gasteiger partial charge in [-0.25, -0.2) is 15.0 Å². The first-order chi connectivity index (χ1) is 5.92. The van der Waals surface area contributed by atoms with Gasteiger partial charge in [0.25, 0.3) is 0 Å². The summed E-state index contributed by atoms with van der Waals surface area (Å²) in [5.41, 5.74) is 1.65. The van der Waals surface area contributed by atoms with Gasteiger partial charge in [0, 0.05) is 0 Å². The highest BCUT2D eigenvalue weighted by Gasteiger charge is 2.01. The minimum Gasteiger partial charge on any atom is -0.268 e. The Morgan fingerprint density at radius 2 is 2.42 bits per heavy atom. The van der Waals surface area contributed by atoms with Gasteiger partial charge in [-0.15, -0.1) is 0 Å². The van der Waals surface area contributed by atoms with Crippen LogP contribution in [0.5, 0.6) is 0 Å². The van der Waals surface area contributed by atoms with Crippen LogP contribution in [-0.4, -0.2) is 24.0 Å². The highest BCUT2D eigenvalue weighted by atomic mass is 32.2. The lowest BCUT2D eigenvalue weighted by Gasteiger charge is -1.96. The summed E-state index contributed by atoms with van der Waals surface area (Å²) in [6.07, 6.45) is 4.96. The maximum atomic E-state index is 4.11. The van der Waals surface area contributed by atoms with Crippen LogP contribution in [0.1, 0.15) is 0 Å². The zero-order valence-electron chi connectivity index (χ0n) is 6.08. The van der Waals surface area contributed by atoms with Crippen molar-refractivity contribution < 1.29 is 0 Å². The molecule has 0 saturated heterocycles. The molecule has 0 spiro atoms. The summed E-state index contributed by atoms with van der Waals surface area (Å²) in [5.74, 6) is 0. The van der Waals surface area contributed by atoms with Gasteiger partial charge in [-0.1, -0.05) is 0 Å². The number of hydrogen-bond acceptors (Lipinski definition) is 5. The van der Waals surface area contributed by atoms with Gasteiger partial charge in [0.15, 0.2) is 5.65 Å². The van der Waals surface area contributed by atoms with Crippen LogP contribution >= 0.6 is 24.6 Å². The first-order valence-corrected chi connectivity index (χ1v) is 4.86. The third-order valence-electron chi connectivity index (χ3n) is 1.39. The molecule has 0 radical (unpaired) electrons. The summed E-state index contributed by atoms with van der Waals surface area (Å²) in [4.78, 5) is 12.0. The van der Waals surface area contributed by atoms with Crippen LogP contribution in [0.15, 0.2) is 18.9 Å². The van der Waals surface area contributed by atoms with Gasteiger partial charge in [0.2, 0.25) is 0 Å². The molecule has 0 aliphatic rings. The molecule has 2 rings (SSSR count). The molecule has 0 aliphatic carbocycles. The molecular weight excluding hydrogens is 192 g/mol. The predicted molar refractivity (Wildman–Crippen MR) is 52.2 cm³/mol. The molecule has 2 aromatic rings. The van der Waals surface area contributed by atoms with Crippen molar-refractivity contribution >= 4 is 35.7 Å². The van der Waals surface area contributed by atoms with E-state index in [2.05, 4.69) is 27.6 Å². The van der Waals surface area contributed by atoms with Crippen LogP contribution in [0.25, 0.3) is 11.2 Å². The van der Waals surface area contributed by atoms with Crippen LogP contribution < -0.4 is 0 Å². The number of hydrogen-bond donors (Lipinski definition) is 1. The second-order valence-electron chi connectivity index (χ2n) is 2.06. The van der Waals surface area contributed by atoms with E-state index >= 15 is 0 Å². The number of imidazole rings is 1. The van der Waals surface area contributed by atoms with E-state index in [9.17, 15) is 0 Å². The average Bonchev–Trinajstić information content (AvgIpc) is 2.50. The molecule has 6 heteroatoms. The van der Waals surface area contributed by atoms with Crippen LogP contribution in [0, 0.1) is 0 Å². The van der Waals surface area contributed by atoms with E-state index in [1.165, 1.54) is 6.33 Å². The van der Waals surface area contributed by atoms with E-state index in [-0.39, 0.29) is 0 Å². The van der Waals surface area contributed by atoms with Crippen LogP contribution in [0.4, 0.5) is 0 Å². The lowest BCUT2D eigenvalue weighted by atomic mass is 10.6. The highest BCUT2D eigenvalue weighted by Crippen LogP contribution is 2.15. The topological polar surface area (TPSA) is 43.6 Å². The molecule has 0 saturated carbocycles. The molecule has 12 heavy (non-hydrogen) atoms. The zero-order chi connectivity index (χ0) is 8.39. The largest absolute Gasteiger partial charge is 0.268 e. The summed E-state index contributed by atoms with van der Waals surface area (Å²) in [7, 11) is 0. The lowest BCUT2D eigenvalue weighted by Crippen LogP contribution is -1.85. The number of thiol groups is 1. The Hall–Kier alpha value is -0.750. The molecule has 62 valence electrons. The second kappa shape index (κ2) is 3.32. The smallest absolute Gasteiger partial charge is 0.181 e. The molecule has 0 bridgehead atoms. The standard InChI is InChI=1S/C6H6N4S2/c11-4-12-10-3-9-6-5(10)1-7-2-8-6/h1-3,11H,4H2. The monoisotopic (exact) mass is 198 g/mol. The van der Waals surface area contributed by atoms with Crippen molar-refractivity contribution in [2.75, 3.05) is 5.08 Å². The predicted octanol–water partition coefficient (Wildman–Crippen LogP) is 1.21. The third kappa shape index (κ3) is 1.27. The van der Waals surface area contributed by atoms with Crippen molar-refractivity contribution in [2.45, 2.75) is 0 Å². The Balaban J connectivity index is 2.55. The SMILES string of the molecule is SCSn1cnc2ncncc21. The van der Waals surface area contributed by atoms with Crippen molar-refractivity contribution in [3.63, 3.8) is 0 Å². The Labute approximate surface area is 79.0 Å². The van der Waals surface area contributed by atoms with Gasteiger partial charge in [0.05, 0.1) is 11.3 Å². The summed E-state index contributed by atoms with van der Waals surface area (Å²) >= 11 is 5.66. The molecule has 0 fully saturated rings. The molecule has 2 aromatic heterocycles. The first-order valence-electron chi connectivity index (χ1n) is 3.29. The fraction of sp³-hybridized carbons (Fsp3) is 0.167. The number of aromatic nitrogens is 4. The Morgan fingerprint density at radius 3 is 3.25 bits per heavy atom. The van der Waals surface area contributed by atoms with E-state index < -0.39 is 0 Å². The van der Waals surface area contributed by atoms with Gasteiger partial charge >= 0.3 is 0 Å². The highest BCUT2D eigenvalue weighted by molar-refractivity contribution is 8.08. The maximum Gasteiger partial charge on any atom is 0.181 e. The van der Waals surface area contributed by atoms with Gasteiger partial charge in [-0.05, 0) is 11.9 Å². The van der Waals surface area contributed by atoms with E-state index in [1.54, 1.807) is 24.5 Å². The van der Waals surface area contributed by atoms with Gasteiger partial charge in [-0.2, -0.15) is 12.6 Å².